The molecule has 77 valence electrons. The summed E-state index contributed by atoms with van der Waals surface area (Å²) in [6.07, 6.45) is 0.406. The lowest BCUT2D eigenvalue weighted by molar-refractivity contribution is -0.154. The molecule has 0 saturated carbocycles. The van der Waals surface area contributed by atoms with E-state index in [0.29, 0.717) is 6.42 Å². The van der Waals surface area contributed by atoms with Gasteiger partial charge in [-0.05, 0) is 27.2 Å². The third-order valence-corrected chi connectivity index (χ3v) is 2.48. The predicted molar refractivity (Wildman–Crippen MR) is 52.1 cm³/mol. The molecule has 0 heterocycles. The largest absolute Gasteiger partial charge is 0.462 e. The smallest absolute Gasteiger partial charge is 0.326 e. The van der Waals surface area contributed by atoms with E-state index in [2.05, 4.69) is 5.09 Å². The SMILES string of the molecule is CCC(C)(N[PH]=O)C(=O)OC(C)C. The molecule has 2 atom stereocenters. The van der Waals surface area contributed by atoms with Gasteiger partial charge in [-0.2, -0.15) is 0 Å². The van der Waals surface area contributed by atoms with Crippen molar-refractivity contribution in [2.75, 3.05) is 0 Å². The molecule has 1 N–H and O–H groups in total. The van der Waals surface area contributed by atoms with E-state index in [1.54, 1.807) is 20.8 Å². The van der Waals surface area contributed by atoms with Crippen LogP contribution in [0.5, 0.6) is 0 Å². The summed E-state index contributed by atoms with van der Waals surface area (Å²) in [6.45, 7) is 7.10. The van der Waals surface area contributed by atoms with E-state index in [0.717, 1.165) is 0 Å². The minimum absolute atomic E-state index is 0.143. The molecule has 0 amide bonds. The molecule has 13 heavy (non-hydrogen) atoms. The summed E-state index contributed by atoms with van der Waals surface area (Å²) in [5.74, 6) is -0.353. The van der Waals surface area contributed by atoms with Crippen molar-refractivity contribution in [2.24, 2.45) is 0 Å². The van der Waals surface area contributed by atoms with Crippen LogP contribution in [0.4, 0.5) is 0 Å². The Balaban J connectivity index is 4.37. The first-order valence-corrected chi connectivity index (χ1v) is 5.22. The fourth-order valence-corrected chi connectivity index (χ4v) is 1.24. The van der Waals surface area contributed by atoms with Crippen molar-refractivity contribution < 1.29 is 14.1 Å². The van der Waals surface area contributed by atoms with Crippen LogP contribution < -0.4 is 5.09 Å². The van der Waals surface area contributed by atoms with E-state index in [1.165, 1.54) is 0 Å². The molecule has 0 saturated heterocycles. The first kappa shape index (κ1) is 12.5. The van der Waals surface area contributed by atoms with Crippen molar-refractivity contribution in [3.05, 3.63) is 0 Å². The average Bonchev–Trinajstić information content (AvgIpc) is 2.03. The Bertz CT molecular complexity index is 196. The van der Waals surface area contributed by atoms with E-state index in [-0.39, 0.29) is 12.1 Å². The molecule has 4 nitrogen and oxygen atoms in total. The second-order valence-electron chi connectivity index (χ2n) is 3.37. The van der Waals surface area contributed by atoms with Crippen LogP contribution in [-0.2, 0) is 14.1 Å². The number of carbonyl (C=O) groups excluding carboxylic acids is 1. The van der Waals surface area contributed by atoms with Gasteiger partial charge in [0.1, 0.15) is 14.1 Å². The molecule has 0 aliphatic heterocycles. The number of esters is 1. The maximum Gasteiger partial charge on any atom is 0.326 e. The van der Waals surface area contributed by atoms with Crippen molar-refractivity contribution in [2.45, 2.75) is 45.8 Å². The summed E-state index contributed by atoms with van der Waals surface area (Å²) in [4.78, 5) is 11.5. The van der Waals surface area contributed by atoms with Gasteiger partial charge in [-0.1, -0.05) is 6.92 Å². The first-order valence-electron chi connectivity index (χ1n) is 4.31. The predicted octanol–water partition coefficient (Wildman–Crippen LogP) is 1.64. The molecule has 2 unspecified atom stereocenters. The topological polar surface area (TPSA) is 55.4 Å². The quantitative estimate of drug-likeness (QED) is 0.548. The lowest BCUT2D eigenvalue weighted by atomic mass is 10.0. The Morgan fingerprint density at radius 2 is 2.15 bits per heavy atom. The Morgan fingerprint density at radius 3 is 2.46 bits per heavy atom. The Hall–Kier alpha value is -0.470. The zero-order chi connectivity index (χ0) is 10.5. The molecule has 0 aliphatic carbocycles. The van der Waals surface area contributed by atoms with E-state index in [9.17, 15) is 9.36 Å². The number of hydrogen-bond acceptors (Lipinski definition) is 3. The molecule has 0 fully saturated rings. The van der Waals surface area contributed by atoms with Crippen molar-refractivity contribution in [3.8, 4) is 0 Å². The fraction of sp³-hybridized carbons (Fsp3) is 0.875. The van der Waals surface area contributed by atoms with Gasteiger partial charge >= 0.3 is 5.97 Å². The van der Waals surface area contributed by atoms with Crippen LogP contribution in [0.3, 0.4) is 0 Å². The van der Waals surface area contributed by atoms with Crippen LogP contribution in [0.15, 0.2) is 0 Å². The summed E-state index contributed by atoms with van der Waals surface area (Å²) in [6, 6.07) is 0. The molecule has 0 aromatic rings. The minimum atomic E-state index is -0.829. The van der Waals surface area contributed by atoms with Gasteiger partial charge in [0.25, 0.3) is 0 Å². The van der Waals surface area contributed by atoms with Gasteiger partial charge in [0, 0.05) is 0 Å². The standard InChI is InChI=1S/C8H17NO3P/c1-5-8(4,9-13-11)7(10)12-6(2)3/h6,13H,5H2,1-4H3,(H,9,11). The Kier molecular flexibility index (Phi) is 5.11. The monoisotopic (exact) mass is 206 g/mol. The lowest BCUT2D eigenvalue weighted by Crippen LogP contribution is -2.46. The average molecular weight is 206 g/mol. The van der Waals surface area contributed by atoms with Crippen LogP contribution in [0.2, 0.25) is 0 Å². The molecule has 0 aromatic carbocycles. The van der Waals surface area contributed by atoms with Crippen LogP contribution >= 0.6 is 8.61 Å². The summed E-state index contributed by atoms with van der Waals surface area (Å²) in [7, 11) is -0.695. The molecule has 0 aromatic heterocycles. The molecular weight excluding hydrogens is 189 g/mol. The van der Waals surface area contributed by atoms with Gasteiger partial charge < -0.3 is 4.74 Å². The normalized spacial score (nSPS) is 15.8. The zero-order valence-corrected chi connectivity index (χ0v) is 9.51. The van der Waals surface area contributed by atoms with Gasteiger partial charge in [0.2, 0.25) is 0 Å². The highest BCUT2D eigenvalue weighted by atomic mass is 31.1. The van der Waals surface area contributed by atoms with Gasteiger partial charge in [-0.25, -0.2) is 5.09 Å². The van der Waals surface area contributed by atoms with E-state index >= 15 is 0 Å². The molecule has 5 heteroatoms. The highest BCUT2D eigenvalue weighted by Gasteiger charge is 2.32. The van der Waals surface area contributed by atoms with Gasteiger partial charge in [-0.3, -0.25) is 9.36 Å². The molecule has 0 rings (SSSR count). The third kappa shape index (κ3) is 3.83. The molecule has 0 bridgehead atoms. The van der Waals surface area contributed by atoms with E-state index < -0.39 is 14.1 Å². The van der Waals surface area contributed by atoms with Crippen molar-refractivity contribution >= 4 is 14.6 Å². The number of carbonyl (C=O) groups is 1. The summed E-state index contributed by atoms with van der Waals surface area (Å²) >= 11 is 0. The lowest BCUT2D eigenvalue weighted by Gasteiger charge is -2.25. The number of nitrogens with one attached hydrogen (secondary N) is 1. The summed E-state index contributed by atoms with van der Waals surface area (Å²) in [5, 5.41) is 2.61. The third-order valence-electron chi connectivity index (χ3n) is 1.83. The molecular formula is C8H17NO3P. The number of rotatable bonds is 5. The van der Waals surface area contributed by atoms with E-state index in [1.807, 2.05) is 6.92 Å². The van der Waals surface area contributed by atoms with Crippen molar-refractivity contribution in [1.82, 2.24) is 5.09 Å². The fourth-order valence-electron chi connectivity index (χ4n) is 0.741. The molecule has 1 radical (unpaired) electrons. The zero-order valence-electron chi connectivity index (χ0n) is 8.51. The second-order valence-corrected chi connectivity index (χ2v) is 3.82. The summed E-state index contributed by atoms with van der Waals surface area (Å²) in [5.41, 5.74) is -0.829. The van der Waals surface area contributed by atoms with Crippen LogP contribution in [0.1, 0.15) is 34.1 Å². The van der Waals surface area contributed by atoms with Crippen molar-refractivity contribution in [1.29, 1.82) is 0 Å². The molecule has 0 spiro atoms. The maximum atomic E-state index is 11.5. The first-order chi connectivity index (χ1) is 5.96. The van der Waals surface area contributed by atoms with Crippen LogP contribution in [-0.4, -0.2) is 17.6 Å². The van der Waals surface area contributed by atoms with Crippen molar-refractivity contribution in [3.63, 3.8) is 0 Å². The number of hydrogen-bond donors (Lipinski definition) is 1. The minimum Gasteiger partial charge on any atom is -0.462 e. The van der Waals surface area contributed by atoms with Gasteiger partial charge in [0.15, 0.2) is 0 Å². The van der Waals surface area contributed by atoms with Gasteiger partial charge in [0.05, 0.1) is 6.10 Å². The Labute approximate surface area is 80.3 Å². The molecule has 0 aliphatic rings. The number of ether oxygens (including phenoxy) is 1. The summed E-state index contributed by atoms with van der Waals surface area (Å²) < 4.78 is 15.4. The highest BCUT2D eigenvalue weighted by Crippen LogP contribution is 2.15. The maximum absolute atomic E-state index is 11.5. The van der Waals surface area contributed by atoms with Gasteiger partial charge in [-0.15, -0.1) is 0 Å². The van der Waals surface area contributed by atoms with Crippen LogP contribution in [0, 0.1) is 0 Å². The highest BCUT2D eigenvalue weighted by molar-refractivity contribution is 7.21. The van der Waals surface area contributed by atoms with Crippen LogP contribution in [0.25, 0.3) is 0 Å². The Morgan fingerprint density at radius 1 is 1.62 bits per heavy atom. The van der Waals surface area contributed by atoms with E-state index in [4.69, 9.17) is 4.74 Å². The second kappa shape index (κ2) is 5.30.